The molecule has 5 aliphatic rings. The van der Waals surface area contributed by atoms with Gasteiger partial charge in [-0.1, -0.05) is 53.2 Å². The minimum absolute atomic E-state index is 0.0390. The quantitative estimate of drug-likeness (QED) is 0.527. The summed E-state index contributed by atoms with van der Waals surface area (Å²) in [5.41, 5.74) is 2.84. The summed E-state index contributed by atoms with van der Waals surface area (Å²) in [5, 5.41) is 20.1. The zero-order valence-corrected chi connectivity index (χ0v) is 21.7. The maximum Gasteiger partial charge on any atom is 0.161 e. The van der Waals surface area contributed by atoms with Crippen LogP contribution in [0.15, 0.2) is 12.2 Å². The molecule has 33 heavy (non-hydrogen) atoms. The number of hydrogen-bond donors (Lipinski definition) is 2. The molecule has 4 saturated carbocycles. The zero-order valence-electron chi connectivity index (χ0n) is 21.7. The molecule has 1 aliphatic heterocycles. The molecule has 188 valence electrons. The largest absolute Gasteiger partial charge is 0.394 e. The average molecular weight is 461 g/mol. The minimum Gasteiger partial charge on any atom is -0.394 e. The number of aliphatic hydroxyl groups is 2. The fraction of sp³-hybridized carbons (Fsp3) is 0.931. The Bertz CT molecular complexity index is 776. The zero-order chi connectivity index (χ0) is 23.8. The van der Waals surface area contributed by atoms with Crippen LogP contribution in [0.1, 0.15) is 92.4 Å². The third kappa shape index (κ3) is 3.52. The van der Waals surface area contributed by atoms with Gasteiger partial charge in [-0.2, -0.15) is 0 Å². The van der Waals surface area contributed by atoms with Crippen LogP contribution in [0.2, 0.25) is 0 Å². The van der Waals surface area contributed by atoms with Crippen molar-refractivity contribution >= 4 is 0 Å². The summed E-state index contributed by atoms with van der Waals surface area (Å²) >= 11 is 0. The van der Waals surface area contributed by atoms with Crippen molar-refractivity contribution in [3.63, 3.8) is 0 Å². The van der Waals surface area contributed by atoms with Crippen LogP contribution in [0, 0.1) is 45.3 Å². The summed E-state index contributed by atoms with van der Waals surface area (Å²) in [6, 6.07) is 0. The van der Waals surface area contributed by atoms with E-state index in [0.717, 1.165) is 11.8 Å². The van der Waals surface area contributed by atoms with Crippen molar-refractivity contribution in [2.75, 3.05) is 13.2 Å². The maximum absolute atomic E-state index is 10.4. The van der Waals surface area contributed by atoms with Gasteiger partial charge in [-0.25, -0.2) is 0 Å². The minimum atomic E-state index is -0.640. The van der Waals surface area contributed by atoms with Gasteiger partial charge in [0, 0.05) is 11.3 Å². The first-order valence-corrected chi connectivity index (χ1v) is 13.7. The maximum atomic E-state index is 10.4. The Kier molecular flexibility index (Phi) is 5.92. The number of fused-ring (bicyclic) bond motifs is 3. The number of aliphatic hydroxyl groups excluding tert-OH is 2. The Morgan fingerprint density at radius 1 is 1.03 bits per heavy atom. The first-order valence-electron chi connectivity index (χ1n) is 13.7. The van der Waals surface area contributed by atoms with Crippen molar-refractivity contribution in [3.8, 4) is 0 Å². The van der Waals surface area contributed by atoms with Crippen LogP contribution in [-0.4, -0.2) is 41.9 Å². The highest BCUT2D eigenvalue weighted by Crippen LogP contribution is 2.74. The summed E-state index contributed by atoms with van der Waals surface area (Å²) in [6.07, 6.45) is 10.2. The molecule has 10 unspecified atom stereocenters. The van der Waals surface area contributed by atoms with Gasteiger partial charge in [0.25, 0.3) is 0 Å². The molecule has 0 aromatic carbocycles. The molecule has 4 aliphatic carbocycles. The molecule has 5 rings (SSSR count). The first-order chi connectivity index (χ1) is 15.5. The highest BCUT2D eigenvalue weighted by atomic mass is 16.7. The van der Waals surface area contributed by atoms with Crippen LogP contribution in [0.3, 0.4) is 0 Å². The van der Waals surface area contributed by atoms with Gasteiger partial charge in [-0.05, 0) is 85.4 Å². The lowest BCUT2D eigenvalue weighted by atomic mass is 9.40. The van der Waals surface area contributed by atoms with E-state index < -0.39 is 12.2 Å². The van der Waals surface area contributed by atoms with Crippen LogP contribution < -0.4 is 0 Å². The molecule has 5 fully saturated rings. The van der Waals surface area contributed by atoms with Crippen molar-refractivity contribution < 1.29 is 19.7 Å². The van der Waals surface area contributed by atoms with Gasteiger partial charge in [-0.3, -0.25) is 0 Å². The van der Waals surface area contributed by atoms with E-state index >= 15 is 0 Å². The number of hydrogen-bond acceptors (Lipinski definition) is 4. The van der Waals surface area contributed by atoms with E-state index in [-0.39, 0.29) is 30.1 Å². The van der Waals surface area contributed by atoms with Crippen molar-refractivity contribution in [1.29, 1.82) is 0 Å². The van der Waals surface area contributed by atoms with Crippen LogP contribution >= 0.6 is 0 Å². The first kappa shape index (κ1) is 24.3. The summed E-state index contributed by atoms with van der Waals surface area (Å²) in [4.78, 5) is 0. The lowest BCUT2D eigenvalue weighted by molar-refractivity contribution is -0.276. The van der Waals surface area contributed by atoms with E-state index in [2.05, 4.69) is 34.3 Å². The third-order valence-corrected chi connectivity index (χ3v) is 11.9. The van der Waals surface area contributed by atoms with Gasteiger partial charge < -0.3 is 19.7 Å². The summed E-state index contributed by atoms with van der Waals surface area (Å²) < 4.78 is 12.5. The highest BCUT2D eigenvalue weighted by molar-refractivity contribution is 5.28. The normalized spacial score (nSPS) is 53.4. The van der Waals surface area contributed by atoms with Crippen molar-refractivity contribution in [2.24, 2.45) is 45.3 Å². The molecule has 0 aromatic rings. The summed E-state index contributed by atoms with van der Waals surface area (Å²) in [5.74, 6) is 1.80. The molecule has 10 atom stereocenters. The van der Waals surface area contributed by atoms with Crippen molar-refractivity contribution in [1.82, 2.24) is 0 Å². The fourth-order valence-corrected chi connectivity index (χ4v) is 9.91. The predicted octanol–water partition coefficient (Wildman–Crippen LogP) is 5.71. The summed E-state index contributed by atoms with van der Waals surface area (Å²) in [6.45, 7) is 17.0. The number of rotatable bonds is 4. The lowest BCUT2D eigenvalue weighted by Crippen LogP contribution is -2.57. The second-order valence-electron chi connectivity index (χ2n) is 13.9. The van der Waals surface area contributed by atoms with Gasteiger partial charge in [0.05, 0.1) is 19.3 Å². The third-order valence-electron chi connectivity index (χ3n) is 11.9. The van der Waals surface area contributed by atoms with E-state index in [0.29, 0.717) is 22.9 Å². The Labute approximate surface area is 201 Å². The van der Waals surface area contributed by atoms with Crippen molar-refractivity contribution in [2.45, 2.75) is 111 Å². The Hall–Kier alpha value is -0.420. The lowest BCUT2D eigenvalue weighted by Gasteiger charge is -2.64. The van der Waals surface area contributed by atoms with Gasteiger partial charge >= 0.3 is 0 Å². The molecule has 4 heteroatoms. The van der Waals surface area contributed by atoms with E-state index in [4.69, 9.17) is 9.47 Å². The van der Waals surface area contributed by atoms with E-state index in [1.165, 1.54) is 63.4 Å². The summed E-state index contributed by atoms with van der Waals surface area (Å²) in [7, 11) is 0. The molecule has 1 spiro atoms. The Morgan fingerprint density at radius 2 is 1.76 bits per heavy atom. The fourth-order valence-electron chi connectivity index (χ4n) is 9.91. The van der Waals surface area contributed by atoms with Crippen LogP contribution in [0.25, 0.3) is 0 Å². The molecule has 0 aromatic heterocycles. The predicted molar refractivity (Wildman–Crippen MR) is 130 cm³/mol. The van der Waals surface area contributed by atoms with Crippen LogP contribution in [0.4, 0.5) is 0 Å². The Morgan fingerprint density at radius 3 is 2.48 bits per heavy atom. The second-order valence-corrected chi connectivity index (χ2v) is 13.9. The Balaban J connectivity index is 1.33. The molecule has 0 amide bonds. The molecular weight excluding hydrogens is 412 g/mol. The van der Waals surface area contributed by atoms with E-state index in [9.17, 15) is 10.2 Å². The monoisotopic (exact) mass is 460 g/mol. The molecule has 2 bridgehead atoms. The molecule has 2 N–H and O–H groups in total. The smallest absolute Gasteiger partial charge is 0.161 e. The van der Waals surface area contributed by atoms with Crippen molar-refractivity contribution in [3.05, 3.63) is 12.2 Å². The molecular formula is C29H48O4. The average Bonchev–Trinajstić information content (AvgIpc) is 2.96. The molecule has 1 heterocycles. The van der Waals surface area contributed by atoms with Crippen LogP contribution in [-0.2, 0) is 9.47 Å². The number of ether oxygens (including phenoxy) is 2. The van der Waals surface area contributed by atoms with E-state index in [1.807, 2.05) is 6.92 Å². The molecule has 4 nitrogen and oxygen atoms in total. The van der Waals surface area contributed by atoms with Gasteiger partial charge in [0.2, 0.25) is 0 Å². The second kappa shape index (κ2) is 8.05. The van der Waals surface area contributed by atoms with Gasteiger partial charge in [0.1, 0.15) is 6.10 Å². The topological polar surface area (TPSA) is 58.9 Å². The van der Waals surface area contributed by atoms with Gasteiger partial charge in [0.15, 0.2) is 6.29 Å². The molecule has 1 saturated heterocycles. The standard InChI is InChI=1S/C29H48O4/c1-18-14-28-12-8-22-26(4,5)10-7-11-27(22,6)23(28)9-13-29(18,16-28)17-32-25-20(3)19(2)24(31)21(15-30)33-25/h19-25,30-31H,1,7-17H2,2-6H3. The highest BCUT2D eigenvalue weighted by Gasteiger charge is 2.66. The van der Waals surface area contributed by atoms with Gasteiger partial charge in [-0.15, -0.1) is 0 Å². The molecule has 0 radical (unpaired) electrons. The van der Waals surface area contributed by atoms with E-state index in [1.54, 1.807) is 0 Å². The van der Waals surface area contributed by atoms with Crippen LogP contribution in [0.5, 0.6) is 0 Å². The SMILES string of the molecule is C=C1CC23CCC4C(C)(C)CCCC4(C)C2CCC1(COC1OC(CO)C(O)C(C)C1C)C3.